The van der Waals surface area contributed by atoms with Crippen LogP contribution in [-0.4, -0.2) is 56.7 Å². The fraction of sp³-hybridized carbons (Fsp3) is 0.167. The van der Waals surface area contributed by atoms with E-state index in [1.807, 2.05) is 67.6 Å². The van der Waals surface area contributed by atoms with E-state index in [1.54, 1.807) is 6.20 Å². The molecule has 5 aromatic rings. The van der Waals surface area contributed by atoms with Gasteiger partial charge < -0.3 is 25.1 Å². The first-order valence-electron chi connectivity index (χ1n) is 12.7. The third-order valence-corrected chi connectivity index (χ3v) is 6.89. The summed E-state index contributed by atoms with van der Waals surface area (Å²) < 4.78 is 12.8. The highest BCUT2D eigenvalue weighted by molar-refractivity contribution is 6.12. The van der Waals surface area contributed by atoms with Crippen molar-refractivity contribution in [3.63, 3.8) is 0 Å². The van der Waals surface area contributed by atoms with Gasteiger partial charge in [0.25, 0.3) is 0 Å². The number of aryl methyl sites for hydroxylation is 1. The Morgan fingerprint density at radius 2 is 1.87 bits per heavy atom. The number of nitrogens with zero attached hydrogens (tertiary/aromatic N) is 4. The standard InChI is InChI=1S/C30H28N6O3/c1-19-14-28(39-23-6-4-3-5-7-23)32-18-27(19)36-30(31)24(17-33-36)29(37)26-16-22-15-21(8-9-25(22)34-26)20(2)35-10-12-38-13-11-35/h3-9,14-18,34H,2,10-13,31H2,1H3. The van der Waals surface area contributed by atoms with E-state index in [0.717, 1.165) is 40.8 Å². The van der Waals surface area contributed by atoms with Crippen molar-refractivity contribution in [1.29, 1.82) is 0 Å². The number of aromatic amines is 1. The molecule has 1 saturated heterocycles. The number of nitrogens with two attached hydrogens (primary N) is 1. The molecule has 1 fully saturated rings. The lowest BCUT2D eigenvalue weighted by Crippen LogP contribution is -2.34. The van der Waals surface area contributed by atoms with E-state index < -0.39 is 0 Å². The molecule has 3 aromatic heterocycles. The lowest BCUT2D eigenvalue weighted by Gasteiger charge is -2.30. The summed E-state index contributed by atoms with van der Waals surface area (Å²) >= 11 is 0. The van der Waals surface area contributed by atoms with Crippen molar-refractivity contribution in [2.45, 2.75) is 6.92 Å². The second kappa shape index (κ2) is 10.1. The van der Waals surface area contributed by atoms with E-state index in [9.17, 15) is 4.79 Å². The number of ether oxygens (including phenoxy) is 2. The predicted octanol–water partition coefficient (Wildman–Crippen LogP) is 4.97. The number of nitrogens with one attached hydrogen (secondary N) is 1. The largest absolute Gasteiger partial charge is 0.439 e. The van der Waals surface area contributed by atoms with E-state index in [4.69, 9.17) is 15.2 Å². The molecule has 0 aliphatic carbocycles. The summed E-state index contributed by atoms with van der Waals surface area (Å²) in [6.07, 6.45) is 3.12. The Balaban J connectivity index is 1.24. The molecule has 1 aliphatic heterocycles. The van der Waals surface area contributed by atoms with Crippen molar-refractivity contribution in [3.8, 4) is 17.3 Å². The fourth-order valence-electron chi connectivity index (χ4n) is 4.73. The Bertz CT molecular complexity index is 1680. The van der Waals surface area contributed by atoms with E-state index in [0.29, 0.717) is 41.8 Å². The summed E-state index contributed by atoms with van der Waals surface area (Å²) in [5.41, 5.74) is 11.5. The topological polar surface area (TPSA) is 111 Å². The number of hydrogen-bond acceptors (Lipinski definition) is 7. The SMILES string of the molecule is C=C(c1ccc2[nH]c(C(=O)c3cnn(-c4cnc(Oc5ccccc5)cc4C)c3N)cc2c1)N1CCOCC1. The predicted molar refractivity (Wildman–Crippen MR) is 150 cm³/mol. The number of anilines is 1. The molecule has 9 nitrogen and oxygen atoms in total. The van der Waals surface area contributed by atoms with Gasteiger partial charge in [0, 0.05) is 35.8 Å². The Labute approximate surface area is 225 Å². The van der Waals surface area contributed by atoms with Gasteiger partial charge in [-0.25, -0.2) is 9.67 Å². The maximum absolute atomic E-state index is 13.4. The third kappa shape index (κ3) is 4.75. The van der Waals surface area contributed by atoms with Gasteiger partial charge in [0.15, 0.2) is 0 Å². The number of benzene rings is 2. The zero-order chi connectivity index (χ0) is 26.9. The second-order valence-electron chi connectivity index (χ2n) is 9.44. The van der Waals surface area contributed by atoms with Crippen LogP contribution < -0.4 is 10.5 Å². The van der Waals surface area contributed by atoms with Gasteiger partial charge in [0.05, 0.1) is 42.6 Å². The molecule has 196 valence electrons. The number of fused-ring (bicyclic) bond motifs is 1. The van der Waals surface area contributed by atoms with Crippen LogP contribution in [0.25, 0.3) is 22.3 Å². The molecule has 0 saturated carbocycles. The number of rotatable bonds is 7. The molecule has 6 rings (SSSR count). The molecule has 1 aliphatic rings. The summed E-state index contributed by atoms with van der Waals surface area (Å²) in [5.74, 6) is 1.15. The second-order valence-corrected chi connectivity index (χ2v) is 9.44. The summed E-state index contributed by atoms with van der Waals surface area (Å²) in [7, 11) is 0. The molecule has 2 aromatic carbocycles. The first-order chi connectivity index (χ1) is 19.0. The number of carbonyl (C=O) groups excluding carboxylic acids is 1. The minimum atomic E-state index is -0.238. The molecule has 0 bridgehead atoms. The van der Waals surface area contributed by atoms with Crippen LogP contribution in [0, 0.1) is 6.92 Å². The van der Waals surface area contributed by atoms with E-state index in [2.05, 4.69) is 26.5 Å². The van der Waals surface area contributed by atoms with Crippen LogP contribution in [0.5, 0.6) is 11.6 Å². The maximum Gasteiger partial charge on any atom is 0.219 e. The van der Waals surface area contributed by atoms with Gasteiger partial charge in [-0.3, -0.25) is 4.79 Å². The van der Waals surface area contributed by atoms with Gasteiger partial charge in [0.1, 0.15) is 11.6 Å². The normalized spacial score (nSPS) is 13.5. The molecule has 0 unspecified atom stereocenters. The van der Waals surface area contributed by atoms with Gasteiger partial charge >= 0.3 is 0 Å². The molecular formula is C30H28N6O3. The minimum absolute atomic E-state index is 0.238. The number of H-pyrrole nitrogens is 1. The van der Waals surface area contributed by atoms with E-state index in [1.165, 1.54) is 10.9 Å². The number of hydrogen-bond donors (Lipinski definition) is 2. The highest BCUT2D eigenvalue weighted by Gasteiger charge is 2.21. The average Bonchev–Trinajstić information content (AvgIpc) is 3.56. The van der Waals surface area contributed by atoms with Crippen molar-refractivity contribution in [2.24, 2.45) is 0 Å². The fourth-order valence-corrected chi connectivity index (χ4v) is 4.73. The maximum atomic E-state index is 13.4. The zero-order valence-corrected chi connectivity index (χ0v) is 21.6. The lowest BCUT2D eigenvalue weighted by molar-refractivity contribution is 0.0641. The van der Waals surface area contributed by atoms with Gasteiger partial charge in [-0.1, -0.05) is 30.8 Å². The first kappa shape index (κ1) is 24.4. The summed E-state index contributed by atoms with van der Waals surface area (Å²) in [4.78, 5) is 23.3. The molecule has 4 heterocycles. The van der Waals surface area contributed by atoms with Crippen molar-refractivity contribution in [2.75, 3.05) is 32.0 Å². The van der Waals surface area contributed by atoms with Crippen LogP contribution in [0.2, 0.25) is 0 Å². The molecule has 0 atom stereocenters. The number of ketones is 1. The van der Waals surface area contributed by atoms with Crippen molar-refractivity contribution in [1.82, 2.24) is 24.6 Å². The Kier molecular flexibility index (Phi) is 6.34. The quantitative estimate of drug-likeness (QED) is 0.292. The number of carbonyl (C=O) groups is 1. The van der Waals surface area contributed by atoms with Crippen LogP contribution in [0.3, 0.4) is 0 Å². The monoisotopic (exact) mass is 520 g/mol. The smallest absolute Gasteiger partial charge is 0.219 e. The summed E-state index contributed by atoms with van der Waals surface area (Å²) in [5, 5.41) is 5.32. The van der Waals surface area contributed by atoms with Crippen LogP contribution in [0.1, 0.15) is 27.2 Å². The molecule has 3 N–H and O–H groups in total. The van der Waals surface area contributed by atoms with Crippen molar-refractivity contribution >= 4 is 28.2 Å². The number of nitrogen functional groups attached to an aromatic ring is 1. The van der Waals surface area contributed by atoms with E-state index >= 15 is 0 Å². The molecule has 0 amide bonds. The number of aromatic nitrogens is 4. The number of morpholine rings is 1. The van der Waals surface area contributed by atoms with Gasteiger partial charge in [-0.05, 0) is 48.4 Å². The van der Waals surface area contributed by atoms with Gasteiger partial charge in [0.2, 0.25) is 11.7 Å². The van der Waals surface area contributed by atoms with Crippen molar-refractivity contribution in [3.05, 3.63) is 102 Å². The van der Waals surface area contributed by atoms with E-state index in [-0.39, 0.29) is 11.6 Å². The Morgan fingerprint density at radius 1 is 1.08 bits per heavy atom. The highest BCUT2D eigenvalue weighted by Crippen LogP contribution is 2.28. The summed E-state index contributed by atoms with van der Waals surface area (Å²) in [6, 6.07) is 19.1. The van der Waals surface area contributed by atoms with Crippen molar-refractivity contribution < 1.29 is 14.3 Å². The Hall–Kier alpha value is -4.89. The third-order valence-electron chi connectivity index (χ3n) is 6.89. The molecular weight excluding hydrogens is 492 g/mol. The van der Waals surface area contributed by atoms with Crippen LogP contribution in [-0.2, 0) is 4.74 Å². The Morgan fingerprint density at radius 3 is 2.64 bits per heavy atom. The highest BCUT2D eigenvalue weighted by atomic mass is 16.5. The van der Waals surface area contributed by atoms with Crippen LogP contribution in [0.4, 0.5) is 5.82 Å². The summed E-state index contributed by atoms with van der Waals surface area (Å²) in [6.45, 7) is 9.21. The molecule has 39 heavy (non-hydrogen) atoms. The lowest BCUT2D eigenvalue weighted by atomic mass is 10.1. The van der Waals surface area contributed by atoms with Crippen LogP contribution in [0.15, 0.2) is 79.6 Å². The molecule has 0 spiro atoms. The average molecular weight is 521 g/mol. The minimum Gasteiger partial charge on any atom is -0.439 e. The molecule has 0 radical (unpaired) electrons. The first-order valence-corrected chi connectivity index (χ1v) is 12.7. The number of pyridine rings is 1. The zero-order valence-electron chi connectivity index (χ0n) is 21.6. The van der Waals surface area contributed by atoms with Gasteiger partial charge in [-0.15, -0.1) is 0 Å². The number of para-hydroxylation sites is 1. The van der Waals surface area contributed by atoms with Crippen LogP contribution >= 0.6 is 0 Å². The van der Waals surface area contributed by atoms with Gasteiger partial charge in [-0.2, -0.15) is 5.10 Å². The molecule has 9 heteroatoms.